The molecule has 4 aromatic carbocycles. The van der Waals surface area contributed by atoms with Crippen LogP contribution in [0.15, 0.2) is 97.1 Å². The van der Waals surface area contributed by atoms with E-state index in [0.717, 1.165) is 85.6 Å². The Balaban J connectivity index is 0.000000175. The monoisotopic (exact) mass is 1220 g/mol. The van der Waals surface area contributed by atoms with Crippen molar-refractivity contribution in [1.29, 1.82) is 0 Å². The number of rotatable bonds is 2. The van der Waals surface area contributed by atoms with E-state index in [0.29, 0.717) is 76.6 Å². The summed E-state index contributed by atoms with van der Waals surface area (Å²) in [5, 5.41) is 22.4. The summed E-state index contributed by atoms with van der Waals surface area (Å²) in [6, 6.07) is 22.8. The first-order valence-electron chi connectivity index (χ1n) is 30.6. The molecule has 4 N–H and O–H groups in total. The summed E-state index contributed by atoms with van der Waals surface area (Å²) in [7, 11) is -7.81. The van der Waals surface area contributed by atoms with E-state index >= 15 is 0 Å². The Morgan fingerprint density at radius 2 is 1.00 bits per heavy atom. The number of allylic oxidation sites excluding steroid dienone is 2. The summed E-state index contributed by atoms with van der Waals surface area (Å²) in [4.78, 5) is 31.4. The lowest BCUT2D eigenvalue weighted by molar-refractivity contribution is 0.0453. The van der Waals surface area contributed by atoms with Crippen LogP contribution in [0.1, 0.15) is 148 Å². The van der Waals surface area contributed by atoms with Gasteiger partial charge in [0.05, 0.1) is 47.3 Å². The minimum atomic E-state index is -3.91. The number of anilines is 2. The summed E-state index contributed by atoms with van der Waals surface area (Å²) in [5.41, 5.74) is 6.67. The molecule has 14 nitrogen and oxygen atoms in total. The van der Waals surface area contributed by atoms with Crippen LogP contribution in [0.25, 0.3) is 0 Å². The van der Waals surface area contributed by atoms with Gasteiger partial charge in [0.25, 0.3) is 11.8 Å². The minimum absolute atomic E-state index is 0.0592. The smallest absolute Gasteiger partial charge is 0.264 e. The molecule has 4 aliphatic carbocycles. The molecule has 84 heavy (non-hydrogen) atoms. The Morgan fingerprint density at radius 3 is 1.38 bits per heavy atom. The maximum absolute atomic E-state index is 13.4. The van der Waals surface area contributed by atoms with Crippen molar-refractivity contribution in [1.82, 2.24) is 9.44 Å². The van der Waals surface area contributed by atoms with Crippen molar-refractivity contribution < 1.29 is 46.1 Å². The molecular weight excluding hydrogens is 1140 g/mol. The summed E-state index contributed by atoms with van der Waals surface area (Å²) in [6.45, 7) is 11.4. The third-order valence-electron chi connectivity index (χ3n) is 20.1. The maximum Gasteiger partial charge on any atom is 0.264 e. The van der Waals surface area contributed by atoms with Gasteiger partial charge in [-0.25, -0.2) is 26.3 Å². The van der Waals surface area contributed by atoms with Crippen molar-refractivity contribution in [3.63, 3.8) is 0 Å². The first-order valence-corrected chi connectivity index (χ1v) is 34.5. The lowest BCUT2D eigenvalue weighted by Crippen LogP contribution is -2.49. The summed E-state index contributed by atoms with van der Waals surface area (Å²) < 4.78 is 70.9. The number of carbonyl (C=O) groups excluding carboxylic acids is 2. The summed E-state index contributed by atoms with van der Waals surface area (Å²) >= 11 is 12.8. The zero-order valence-electron chi connectivity index (χ0n) is 48.8. The number of sulfonamides is 2. The number of halogens is 2. The highest BCUT2D eigenvalue weighted by atomic mass is 35.5. The van der Waals surface area contributed by atoms with Gasteiger partial charge in [0.15, 0.2) is 0 Å². The van der Waals surface area contributed by atoms with Gasteiger partial charge in [0, 0.05) is 58.2 Å². The lowest BCUT2D eigenvalue weighted by atomic mass is 9.68. The molecule has 0 radical (unpaired) electrons. The molecule has 18 heteroatoms. The molecule has 2 fully saturated rings. The van der Waals surface area contributed by atoms with Gasteiger partial charge in [-0.3, -0.25) is 9.59 Å². The minimum Gasteiger partial charge on any atom is -0.490 e. The molecule has 0 unspecified atom stereocenters. The molecular formula is C66H82Cl2N4O10S2. The van der Waals surface area contributed by atoms with E-state index in [-0.39, 0.29) is 57.5 Å². The van der Waals surface area contributed by atoms with Crippen LogP contribution in [0.3, 0.4) is 0 Å². The molecule has 0 aromatic heterocycles. The van der Waals surface area contributed by atoms with Gasteiger partial charge < -0.3 is 29.5 Å². The van der Waals surface area contributed by atoms with Crippen molar-refractivity contribution >= 4 is 66.4 Å². The van der Waals surface area contributed by atoms with E-state index in [2.05, 4.69) is 43.5 Å². The van der Waals surface area contributed by atoms with Gasteiger partial charge in [-0.2, -0.15) is 0 Å². The Kier molecular flexibility index (Phi) is 17.7. The van der Waals surface area contributed by atoms with Gasteiger partial charge in [-0.05, 0) is 208 Å². The first-order chi connectivity index (χ1) is 40.2. The molecule has 4 bridgehead atoms. The number of ether oxygens (including phenoxy) is 2. The van der Waals surface area contributed by atoms with E-state index in [9.17, 15) is 36.6 Å². The average molecular weight is 1230 g/mol. The number of fused-ring (bicyclic) bond motifs is 8. The maximum atomic E-state index is 13.4. The zero-order chi connectivity index (χ0) is 59.3. The van der Waals surface area contributed by atoms with Crippen molar-refractivity contribution in [2.45, 2.75) is 151 Å². The van der Waals surface area contributed by atoms with Gasteiger partial charge in [0.2, 0.25) is 20.0 Å². The van der Waals surface area contributed by atoms with Gasteiger partial charge in [-0.15, -0.1) is 0 Å². The van der Waals surface area contributed by atoms with Crippen LogP contribution >= 0.6 is 23.2 Å². The fourth-order valence-corrected chi connectivity index (χ4v) is 18.5. The molecule has 4 heterocycles. The van der Waals surface area contributed by atoms with Gasteiger partial charge in [0.1, 0.15) is 11.5 Å². The van der Waals surface area contributed by atoms with Crippen molar-refractivity contribution in [2.75, 3.05) is 49.2 Å². The number of aryl methyl sites for hydroxylation is 2. The Bertz CT molecular complexity index is 3210. The fraction of sp³-hybridized carbons (Fsp3) is 0.545. The topological polar surface area (TPSA) is 192 Å². The highest BCUT2D eigenvalue weighted by molar-refractivity contribution is 7.91. The number of aliphatic hydroxyl groups excluding tert-OH is 2. The molecule has 2 saturated carbocycles. The Hall–Kier alpha value is -5.10. The van der Waals surface area contributed by atoms with Gasteiger partial charge >= 0.3 is 0 Å². The third kappa shape index (κ3) is 12.4. The van der Waals surface area contributed by atoms with Crippen molar-refractivity contribution in [3.05, 3.63) is 141 Å². The molecule has 12 atom stereocenters. The standard InChI is InChI=1S/2C33H41ClN2O5S/c2*1-3-26-15-21(2)6-12-30(37)27-10-7-24(27)18-36-19-33(14-4-5-22-16-25(34)9-11-28(22)33)20-41-31-13-8-23(17-29(31)36)32(38)35-42(26,39)40/h2*6,8-9,11-13,16-17,21,24,26-27,30,37H,3-5,7,10,14-15,18-20H2,1-2H3,(H,35,38)/b2*12-6+/t21-,24+,26-,27-,30+,33+;21-,24-,26+,27+,30-,33-/m10/s1. The lowest BCUT2D eigenvalue weighted by Gasteiger charge is -2.45. The quantitative estimate of drug-likeness (QED) is 0.139. The van der Waals surface area contributed by atoms with E-state index in [1.807, 2.05) is 64.1 Å². The molecule has 2 amide bonds. The zero-order valence-corrected chi connectivity index (χ0v) is 51.9. The molecule has 0 saturated heterocycles. The second kappa shape index (κ2) is 24.6. The van der Waals surface area contributed by atoms with Crippen LogP contribution in [0.4, 0.5) is 11.4 Å². The molecule has 452 valence electrons. The average Bonchev–Trinajstić information content (AvgIpc) is 1.96. The molecule has 4 aromatic rings. The van der Waals surface area contributed by atoms with E-state index in [4.69, 9.17) is 32.7 Å². The van der Waals surface area contributed by atoms with E-state index in [1.165, 1.54) is 22.3 Å². The fourth-order valence-electron chi connectivity index (χ4n) is 15.1. The second-order valence-electron chi connectivity index (χ2n) is 25.8. The van der Waals surface area contributed by atoms with Crippen LogP contribution in [0.2, 0.25) is 10.0 Å². The van der Waals surface area contributed by atoms with Crippen molar-refractivity contribution in [2.24, 2.45) is 35.5 Å². The number of hydrogen-bond donors (Lipinski definition) is 4. The van der Waals surface area contributed by atoms with Crippen LogP contribution in [-0.4, -0.2) is 101 Å². The van der Waals surface area contributed by atoms with Crippen molar-refractivity contribution in [3.8, 4) is 11.5 Å². The number of carbonyl (C=O) groups is 2. The van der Waals surface area contributed by atoms with Crippen LogP contribution in [0.5, 0.6) is 11.5 Å². The number of nitrogens with one attached hydrogen (secondary N) is 2. The molecule has 8 aliphatic rings. The number of nitrogens with zero attached hydrogens (tertiary/aromatic N) is 2. The number of benzene rings is 4. The second-order valence-corrected chi connectivity index (χ2v) is 30.6. The number of hydrogen-bond acceptors (Lipinski definition) is 12. The van der Waals surface area contributed by atoms with Crippen LogP contribution < -0.4 is 28.7 Å². The molecule has 4 aliphatic heterocycles. The molecule has 2 spiro atoms. The third-order valence-corrected chi connectivity index (χ3v) is 24.4. The number of amides is 2. The first kappa shape index (κ1) is 60.6. The normalized spacial score (nSPS) is 33.3. The largest absolute Gasteiger partial charge is 0.490 e. The van der Waals surface area contributed by atoms with E-state index < -0.39 is 54.6 Å². The highest BCUT2D eigenvalue weighted by Gasteiger charge is 2.47. The Labute approximate surface area is 506 Å². The van der Waals surface area contributed by atoms with Crippen LogP contribution in [-0.2, 0) is 43.7 Å². The van der Waals surface area contributed by atoms with E-state index in [1.54, 1.807) is 36.4 Å². The SMILES string of the molecule is CC[C@@H]1C[C@@H](C)/C=C/[C@H](O)[C@@H]2CC[C@H]2CN2C[C@@]3(CCCc4cc(Cl)ccc43)COc3ccc(cc32)C(=O)NS1(=O)=O.CC[C@@H]1C[C@H](C)/C=C/[C@H](O)[C@@H]2CC[C@H]2CN2C[C@@]3(CCCc4cc(Cl)ccc43)COc3ccc(cc32)C(=O)NS1(=O)=O. The Morgan fingerprint density at radius 1 is 0.583 bits per heavy atom. The summed E-state index contributed by atoms with van der Waals surface area (Å²) in [6.07, 6.45) is 17.8. The van der Waals surface area contributed by atoms with Gasteiger partial charge in [-0.1, -0.05) is 87.3 Å². The highest BCUT2D eigenvalue weighted by Crippen LogP contribution is 2.49. The summed E-state index contributed by atoms with van der Waals surface area (Å²) in [5.74, 6) is 0.817. The molecule has 12 rings (SSSR count). The van der Waals surface area contributed by atoms with Crippen LogP contribution in [0, 0.1) is 35.5 Å². The number of aliphatic hydroxyl groups is 2. The predicted octanol–water partition coefficient (Wildman–Crippen LogP) is 11.3. The predicted molar refractivity (Wildman–Crippen MR) is 332 cm³/mol.